The standard InChI is InChI=1S/C16H31NO4/c1-11(2)9-20-16-15(19)14(18)13(10-21-16)17-8-12-6-4-3-5-7-12/h11-19H,3-10H2,1-2H3/t13-,14-,15+,16+/m1/s1. The molecule has 124 valence electrons. The summed E-state index contributed by atoms with van der Waals surface area (Å²) in [5.74, 6) is 1.07. The highest BCUT2D eigenvalue weighted by molar-refractivity contribution is 4.88. The molecule has 2 aliphatic rings. The van der Waals surface area contributed by atoms with Crippen molar-refractivity contribution in [3.8, 4) is 0 Å². The van der Waals surface area contributed by atoms with E-state index in [1.807, 2.05) is 13.8 Å². The van der Waals surface area contributed by atoms with Crippen molar-refractivity contribution in [3.63, 3.8) is 0 Å². The van der Waals surface area contributed by atoms with E-state index in [0.29, 0.717) is 25.0 Å². The second-order valence-corrected chi connectivity index (χ2v) is 6.93. The molecule has 21 heavy (non-hydrogen) atoms. The molecule has 2 fully saturated rings. The van der Waals surface area contributed by atoms with E-state index in [1.165, 1.54) is 32.1 Å². The Balaban J connectivity index is 1.73. The molecule has 1 aliphatic heterocycles. The molecular formula is C16H31NO4. The van der Waals surface area contributed by atoms with Crippen LogP contribution in [0.15, 0.2) is 0 Å². The van der Waals surface area contributed by atoms with Crippen molar-refractivity contribution >= 4 is 0 Å². The molecule has 1 saturated heterocycles. The molecule has 1 heterocycles. The fourth-order valence-corrected chi connectivity index (χ4v) is 3.12. The smallest absolute Gasteiger partial charge is 0.186 e. The predicted molar refractivity (Wildman–Crippen MR) is 80.9 cm³/mol. The number of nitrogens with one attached hydrogen (secondary N) is 1. The number of aliphatic hydroxyl groups is 2. The van der Waals surface area contributed by atoms with E-state index in [4.69, 9.17) is 9.47 Å². The zero-order chi connectivity index (χ0) is 15.2. The fraction of sp³-hybridized carbons (Fsp3) is 1.00. The zero-order valence-electron chi connectivity index (χ0n) is 13.3. The van der Waals surface area contributed by atoms with Gasteiger partial charge < -0.3 is 25.0 Å². The maximum absolute atomic E-state index is 10.2. The maximum atomic E-state index is 10.2. The first-order valence-electron chi connectivity index (χ1n) is 8.40. The van der Waals surface area contributed by atoms with Crippen molar-refractivity contribution in [2.75, 3.05) is 19.8 Å². The van der Waals surface area contributed by atoms with Crippen LogP contribution in [-0.4, -0.2) is 54.5 Å². The predicted octanol–water partition coefficient (Wildman–Crippen LogP) is 1.28. The van der Waals surface area contributed by atoms with Gasteiger partial charge in [-0.2, -0.15) is 0 Å². The number of aliphatic hydroxyl groups excluding tert-OH is 2. The average Bonchev–Trinajstić information content (AvgIpc) is 2.48. The van der Waals surface area contributed by atoms with Crippen LogP contribution in [0.5, 0.6) is 0 Å². The van der Waals surface area contributed by atoms with E-state index >= 15 is 0 Å². The van der Waals surface area contributed by atoms with Gasteiger partial charge >= 0.3 is 0 Å². The van der Waals surface area contributed by atoms with Crippen molar-refractivity contribution in [3.05, 3.63) is 0 Å². The third-order valence-corrected chi connectivity index (χ3v) is 4.47. The summed E-state index contributed by atoms with van der Waals surface area (Å²) in [7, 11) is 0. The second kappa shape index (κ2) is 8.44. The number of hydrogen-bond acceptors (Lipinski definition) is 5. The Hall–Kier alpha value is -0.200. The summed E-state index contributed by atoms with van der Waals surface area (Å²) >= 11 is 0. The van der Waals surface area contributed by atoms with E-state index in [2.05, 4.69) is 5.32 Å². The quantitative estimate of drug-likeness (QED) is 0.689. The molecule has 0 aromatic heterocycles. The van der Waals surface area contributed by atoms with Crippen LogP contribution in [-0.2, 0) is 9.47 Å². The topological polar surface area (TPSA) is 71.0 Å². The van der Waals surface area contributed by atoms with Gasteiger partial charge in [0.15, 0.2) is 6.29 Å². The molecule has 5 heteroatoms. The van der Waals surface area contributed by atoms with Crippen LogP contribution in [0.1, 0.15) is 46.0 Å². The molecular weight excluding hydrogens is 270 g/mol. The van der Waals surface area contributed by atoms with Gasteiger partial charge in [0.25, 0.3) is 0 Å². The molecule has 3 N–H and O–H groups in total. The minimum Gasteiger partial charge on any atom is -0.388 e. The molecule has 0 unspecified atom stereocenters. The Morgan fingerprint density at radius 1 is 1.14 bits per heavy atom. The molecule has 0 spiro atoms. The summed E-state index contributed by atoms with van der Waals surface area (Å²) in [4.78, 5) is 0. The lowest BCUT2D eigenvalue weighted by Crippen LogP contribution is -2.59. The SMILES string of the molecule is CC(C)CO[C@H]1OC[C@@H](NCC2CCCCC2)[C@@H](O)[C@@H]1O. The summed E-state index contributed by atoms with van der Waals surface area (Å²) in [5.41, 5.74) is 0. The van der Waals surface area contributed by atoms with E-state index in [0.717, 1.165) is 6.54 Å². The molecule has 0 aromatic carbocycles. The first-order valence-corrected chi connectivity index (χ1v) is 8.40. The van der Waals surface area contributed by atoms with Crippen LogP contribution >= 0.6 is 0 Å². The van der Waals surface area contributed by atoms with Gasteiger partial charge in [0.2, 0.25) is 0 Å². The molecule has 0 radical (unpaired) electrons. The highest BCUT2D eigenvalue weighted by Crippen LogP contribution is 2.24. The highest BCUT2D eigenvalue weighted by atomic mass is 16.7. The summed E-state index contributed by atoms with van der Waals surface area (Å²) in [5, 5.41) is 23.7. The van der Waals surface area contributed by atoms with Crippen molar-refractivity contribution < 1.29 is 19.7 Å². The Bertz CT molecular complexity index is 294. The first-order chi connectivity index (χ1) is 10.1. The lowest BCUT2D eigenvalue weighted by Gasteiger charge is -2.38. The monoisotopic (exact) mass is 301 g/mol. The van der Waals surface area contributed by atoms with Crippen LogP contribution in [0.25, 0.3) is 0 Å². The molecule has 2 rings (SSSR count). The van der Waals surface area contributed by atoms with E-state index in [9.17, 15) is 10.2 Å². The lowest BCUT2D eigenvalue weighted by molar-refractivity contribution is -0.253. The Morgan fingerprint density at radius 3 is 2.52 bits per heavy atom. The molecule has 1 aliphatic carbocycles. The minimum absolute atomic E-state index is 0.208. The second-order valence-electron chi connectivity index (χ2n) is 6.93. The van der Waals surface area contributed by atoms with Crippen molar-refractivity contribution in [2.24, 2.45) is 11.8 Å². The largest absolute Gasteiger partial charge is 0.388 e. The number of rotatable bonds is 6. The van der Waals surface area contributed by atoms with E-state index < -0.39 is 18.5 Å². The zero-order valence-corrected chi connectivity index (χ0v) is 13.3. The fourth-order valence-electron chi connectivity index (χ4n) is 3.12. The summed E-state index contributed by atoms with van der Waals surface area (Å²) < 4.78 is 11.1. The van der Waals surface area contributed by atoms with Crippen LogP contribution in [0.2, 0.25) is 0 Å². The van der Waals surface area contributed by atoms with E-state index in [-0.39, 0.29) is 6.04 Å². The van der Waals surface area contributed by atoms with Crippen LogP contribution in [0.3, 0.4) is 0 Å². The Kier molecular flexibility index (Phi) is 6.89. The van der Waals surface area contributed by atoms with Crippen molar-refractivity contribution in [1.82, 2.24) is 5.32 Å². The summed E-state index contributed by atoms with van der Waals surface area (Å²) in [6.07, 6.45) is 3.96. The van der Waals surface area contributed by atoms with Crippen LogP contribution in [0, 0.1) is 11.8 Å². The Morgan fingerprint density at radius 2 is 1.86 bits per heavy atom. The Labute approximate surface area is 128 Å². The molecule has 4 atom stereocenters. The molecule has 5 nitrogen and oxygen atoms in total. The summed E-state index contributed by atoms with van der Waals surface area (Å²) in [6, 6.07) is -0.208. The van der Waals surface area contributed by atoms with Gasteiger partial charge in [0.1, 0.15) is 12.2 Å². The van der Waals surface area contributed by atoms with Gasteiger partial charge in [-0.3, -0.25) is 0 Å². The first kappa shape index (κ1) is 17.2. The molecule has 0 aromatic rings. The van der Waals surface area contributed by atoms with Gasteiger partial charge in [0, 0.05) is 0 Å². The van der Waals surface area contributed by atoms with E-state index in [1.54, 1.807) is 0 Å². The van der Waals surface area contributed by atoms with Crippen molar-refractivity contribution in [1.29, 1.82) is 0 Å². The van der Waals surface area contributed by atoms with Gasteiger partial charge in [-0.05, 0) is 31.2 Å². The van der Waals surface area contributed by atoms with Crippen LogP contribution in [0.4, 0.5) is 0 Å². The minimum atomic E-state index is -0.985. The lowest BCUT2D eigenvalue weighted by atomic mass is 9.89. The number of ether oxygens (including phenoxy) is 2. The van der Waals surface area contributed by atoms with Crippen LogP contribution < -0.4 is 5.32 Å². The van der Waals surface area contributed by atoms with Crippen molar-refractivity contribution in [2.45, 2.75) is 70.5 Å². The third-order valence-electron chi connectivity index (χ3n) is 4.47. The third kappa shape index (κ3) is 5.18. The summed E-state index contributed by atoms with van der Waals surface area (Å²) in [6.45, 7) is 5.89. The molecule has 0 bridgehead atoms. The van der Waals surface area contributed by atoms with Gasteiger partial charge in [-0.25, -0.2) is 0 Å². The van der Waals surface area contributed by atoms with Gasteiger partial charge in [-0.1, -0.05) is 33.1 Å². The average molecular weight is 301 g/mol. The molecule has 1 saturated carbocycles. The maximum Gasteiger partial charge on any atom is 0.186 e. The molecule has 0 amide bonds. The van der Waals surface area contributed by atoms with Gasteiger partial charge in [0.05, 0.1) is 19.3 Å². The normalized spacial score (nSPS) is 35.3. The number of hydrogen-bond donors (Lipinski definition) is 3. The van der Waals surface area contributed by atoms with Gasteiger partial charge in [-0.15, -0.1) is 0 Å². The highest BCUT2D eigenvalue weighted by Gasteiger charge is 2.39.